The maximum Gasteiger partial charge on any atom is 0.256 e. The molecule has 0 heterocycles. The molecule has 0 saturated heterocycles. The van der Waals surface area contributed by atoms with Gasteiger partial charge in [-0.15, -0.1) is 0 Å². The lowest BCUT2D eigenvalue weighted by molar-refractivity contribution is 0.102. The van der Waals surface area contributed by atoms with Crippen LogP contribution in [-0.2, 0) is 0 Å². The van der Waals surface area contributed by atoms with Crippen LogP contribution in [0.3, 0.4) is 0 Å². The summed E-state index contributed by atoms with van der Waals surface area (Å²) in [4.78, 5) is 14.3. The first-order valence-corrected chi connectivity index (χ1v) is 8.09. The van der Waals surface area contributed by atoms with Gasteiger partial charge in [0.15, 0.2) is 0 Å². The van der Waals surface area contributed by atoms with Gasteiger partial charge < -0.3 is 10.2 Å². The minimum Gasteiger partial charge on any atom is -0.375 e. The fourth-order valence-corrected chi connectivity index (χ4v) is 3.06. The van der Waals surface area contributed by atoms with Gasteiger partial charge in [-0.1, -0.05) is 33.6 Å². The van der Waals surface area contributed by atoms with Crippen molar-refractivity contribution in [3.63, 3.8) is 0 Å². The second-order valence-corrected chi connectivity index (χ2v) is 6.79. The second-order valence-electron chi connectivity index (χ2n) is 4.61. The second kappa shape index (κ2) is 6.81. The Morgan fingerprint density at radius 1 is 1.19 bits per heavy atom. The number of nitrogens with one attached hydrogen (secondary N) is 1. The van der Waals surface area contributed by atoms with E-state index in [4.69, 9.17) is 11.6 Å². The Balaban J connectivity index is 2.36. The summed E-state index contributed by atoms with van der Waals surface area (Å²) in [6, 6.07) is 10.9. The normalized spacial score (nSPS) is 10.3. The van der Waals surface area contributed by atoms with Gasteiger partial charge in [0, 0.05) is 23.0 Å². The number of benzene rings is 2. The highest BCUT2D eigenvalue weighted by Crippen LogP contribution is 2.33. The number of nitrogens with zero attached hydrogens (tertiary/aromatic N) is 1. The van der Waals surface area contributed by atoms with Crippen molar-refractivity contribution in [3.05, 3.63) is 55.9 Å². The van der Waals surface area contributed by atoms with Crippen molar-refractivity contribution in [2.24, 2.45) is 0 Å². The predicted molar refractivity (Wildman–Crippen MR) is 95.6 cm³/mol. The van der Waals surface area contributed by atoms with Gasteiger partial charge in [0.1, 0.15) is 0 Å². The van der Waals surface area contributed by atoms with E-state index < -0.39 is 0 Å². The molecule has 0 aliphatic rings. The Morgan fingerprint density at radius 3 is 2.57 bits per heavy atom. The molecule has 0 aliphatic carbocycles. The summed E-state index contributed by atoms with van der Waals surface area (Å²) in [5.74, 6) is -0.200. The van der Waals surface area contributed by atoms with Crippen molar-refractivity contribution in [1.29, 1.82) is 0 Å². The maximum absolute atomic E-state index is 12.4. The van der Waals surface area contributed by atoms with Crippen LogP contribution in [0.15, 0.2) is 45.3 Å². The largest absolute Gasteiger partial charge is 0.375 e. The zero-order chi connectivity index (χ0) is 15.6. The number of hydrogen-bond donors (Lipinski definition) is 1. The molecule has 0 radical (unpaired) electrons. The highest BCUT2D eigenvalue weighted by molar-refractivity contribution is 9.11. The molecule has 2 aromatic rings. The first-order valence-electron chi connectivity index (χ1n) is 6.12. The third kappa shape index (κ3) is 3.78. The molecule has 0 fully saturated rings. The molecule has 0 unspecified atom stereocenters. The van der Waals surface area contributed by atoms with Gasteiger partial charge in [0.2, 0.25) is 0 Å². The van der Waals surface area contributed by atoms with Crippen LogP contribution in [0.25, 0.3) is 0 Å². The molecule has 2 aromatic carbocycles. The van der Waals surface area contributed by atoms with Gasteiger partial charge >= 0.3 is 0 Å². The van der Waals surface area contributed by atoms with Crippen molar-refractivity contribution in [1.82, 2.24) is 0 Å². The van der Waals surface area contributed by atoms with E-state index in [0.717, 1.165) is 14.6 Å². The van der Waals surface area contributed by atoms with Crippen molar-refractivity contribution >= 4 is 60.7 Å². The van der Waals surface area contributed by atoms with E-state index >= 15 is 0 Å². The van der Waals surface area contributed by atoms with Gasteiger partial charge in [-0.25, -0.2) is 0 Å². The number of halogens is 3. The molecule has 0 saturated carbocycles. The number of amides is 1. The Morgan fingerprint density at radius 2 is 1.90 bits per heavy atom. The number of anilines is 2. The van der Waals surface area contributed by atoms with Gasteiger partial charge in [-0.2, -0.15) is 0 Å². The molecule has 6 heteroatoms. The summed E-state index contributed by atoms with van der Waals surface area (Å²) in [5, 5.41) is 3.49. The van der Waals surface area contributed by atoms with Crippen molar-refractivity contribution < 1.29 is 4.79 Å². The summed E-state index contributed by atoms with van der Waals surface area (Å²) in [6.07, 6.45) is 0. The number of hydrogen-bond acceptors (Lipinski definition) is 2. The Bertz CT molecular complexity index is 689. The smallest absolute Gasteiger partial charge is 0.256 e. The minimum absolute atomic E-state index is 0.200. The highest BCUT2D eigenvalue weighted by Gasteiger charge is 2.15. The minimum atomic E-state index is -0.200. The maximum atomic E-state index is 12.4. The van der Waals surface area contributed by atoms with Gasteiger partial charge in [-0.05, 0) is 46.3 Å². The topological polar surface area (TPSA) is 32.3 Å². The number of para-hydroxylation sites is 1. The van der Waals surface area contributed by atoms with E-state index in [2.05, 4.69) is 37.2 Å². The summed E-state index contributed by atoms with van der Waals surface area (Å²) in [6.45, 7) is 0. The van der Waals surface area contributed by atoms with E-state index in [0.29, 0.717) is 16.3 Å². The molecule has 0 aliphatic heterocycles. The van der Waals surface area contributed by atoms with E-state index in [1.165, 1.54) is 0 Å². The van der Waals surface area contributed by atoms with Crippen molar-refractivity contribution in [2.45, 2.75) is 0 Å². The molecule has 0 spiro atoms. The zero-order valence-corrected chi connectivity index (χ0v) is 15.4. The average Bonchev–Trinajstić information content (AvgIpc) is 2.41. The van der Waals surface area contributed by atoms with Crippen LogP contribution in [0.1, 0.15) is 10.4 Å². The molecule has 0 bridgehead atoms. The van der Waals surface area contributed by atoms with Crippen LogP contribution in [-0.4, -0.2) is 20.0 Å². The molecular weight excluding hydrogens is 419 g/mol. The third-order valence-corrected chi connectivity index (χ3v) is 4.34. The zero-order valence-electron chi connectivity index (χ0n) is 11.5. The van der Waals surface area contributed by atoms with E-state index in [-0.39, 0.29) is 5.91 Å². The van der Waals surface area contributed by atoms with Crippen LogP contribution in [0.5, 0.6) is 0 Å². The predicted octanol–water partition coefficient (Wildman–Crippen LogP) is 5.18. The summed E-state index contributed by atoms with van der Waals surface area (Å²) in [7, 11) is 3.76. The summed E-state index contributed by atoms with van der Waals surface area (Å²) in [5.41, 5.74) is 2.00. The summed E-state index contributed by atoms with van der Waals surface area (Å²) >= 11 is 13.0. The molecule has 3 nitrogen and oxygen atoms in total. The molecule has 1 amide bonds. The van der Waals surface area contributed by atoms with E-state index in [9.17, 15) is 4.79 Å². The van der Waals surface area contributed by atoms with Crippen LogP contribution in [0.4, 0.5) is 11.4 Å². The lowest BCUT2D eigenvalue weighted by atomic mass is 10.2. The monoisotopic (exact) mass is 430 g/mol. The molecule has 1 N–H and O–H groups in total. The molecule has 0 aromatic heterocycles. The standard InChI is InChI=1S/C15H13Br2ClN2O/c1-20(2)14-12(18)4-3-5-13(14)19-15(21)10-8-9(16)6-7-11(10)17/h3-8H,1-2H3,(H,19,21). The van der Waals surface area contributed by atoms with Gasteiger partial charge in [0.05, 0.1) is 22.0 Å². The highest BCUT2D eigenvalue weighted by atomic mass is 79.9. The number of carbonyl (C=O) groups is 1. The number of carbonyl (C=O) groups excluding carboxylic acids is 1. The SMILES string of the molecule is CN(C)c1c(Cl)cccc1NC(=O)c1cc(Br)ccc1Br. The average molecular weight is 433 g/mol. The molecular formula is C15H13Br2ClN2O. The van der Waals surface area contributed by atoms with Crippen molar-refractivity contribution in [3.8, 4) is 0 Å². The fraction of sp³-hybridized carbons (Fsp3) is 0.133. The summed E-state index contributed by atoms with van der Waals surface area (Å²) < 4.78 is 1.58. The van der Waals surface area contributed by atoms with E-state index in [1.807, 2.05) is 37.2 Å². The quantitative estimate of drug-likeness (QED) is 0.725. The van der Waals surface area contributed by atoms with Crippen LogP contribution >= 0.6 is 43.5 Å². The molecule has 0 atom stereocenters. The Labute approximate surface area is 145 Å². The third-order valence-electron chi connectivity index (χ3n) is 2.86. The Kier molecular flexibility index (Phi) is 5.30. The molecule has 2 rings (SSSR count). The first kappa shape index (κ1) is 16.3. The molecule has 21 heavy (non-hydrogen) atoms. The fourth-order valence-electron chi connectivity index (χ4n) is 1.93. The van der Waals surface area contributed by atoms with E-state index in [1.54, 1.807) is 18.2 Å². The van der Waals surface area contributed by atoms with Crippen LogP contribution in [0.2, 0.25) is 5.02 Å². The lowest BCUT2D eigenvalue weighted by Gasteiger charge is -2.19. The van der Waals surface area contributed by atoms with Crippen LogP contribution < -0.4 is 10.2 Å². The van der Waals surface area contributed by atoms with Gasteiger partial charge in [-0.3, -0.25) is 4.79 Å². The first-order chi connectivity index (χ1) is 9.90. The van der Waals surface area contributed by atoms with Crippen molar-refractivity contribution in [2.75, 3.05) is 24.3 Å². The lowest BCUT2D eigenvalue weighted by Crippen LogP contribution is -2.17. The molecule has 110 valence electrons. The Hall–Kier alpha value is -1.04. The number of rotatable bonds is 3. The van der Waals surface area contributed by atoms with Gasteiger partial charge in [0.25, 0.3) is 5.91 Å². The van der Waals surface area contributed by atoms with Crippen LogP contribution in [0, 0.1) is 0 Å².